The lowest BCUT2D eigenvalue weighted by Gasteiger charge is -2.03. The maximum Gasteiger partial charge on any atom is 0.248 e. The van der Waals surface area contributed by atoms with Gasteiger partial charge >= 0.3 is 0 Å². The van der Waals surface area contributed by atoms with Crippen LogP contribution in [-0.4, -0.2) is 24.8 Å². The number of nitrogens with one attached hydrogen (secondary N) is 1. The number of hydrogen-bond acceptors (Lipinski definition) is 5. The largest absolute Gasteiger partial charge is 0.481 e. The molecule has 0 spiro atoms. The normalized spacial score (nSPS) is 12.4. The fourth-order valence-electron chi connectivity index (χ4n) is 1.95. The Morgan fingerprint density at radius 2 is 2.14 bits per heavy atom. The second-order valence-electron chi connectivity index (χ2n) is 4.52. The van der Waals surface area contributed by atoms with Gasteiger partial charge in [0.1, 0.15) is 0 Å². The van der Waals surface area contributed by atoms with Crippen LogP contribution in [0.5, 0.6) is 17.4 Å². The summed E-state index contributed by atoms with van der Waals surface area (Å²) in [5.74, 6) is 1.64. The molecule has 0 bridgehead atoms. The van der Waals surface area contributed by atoms with Gasteiger partial charge in [-0.2, -0.15) is 0 Å². The van der Waals surface area contributed by atoms with Crippen molar-refractivity contribution < 1.29 is 19.0 Å². The molecule has 2 heterocycles. The van der Waals surface area contributed by atoms with Crippen LogP contribution in [0.2, 0.25) is 0 Å². The van der Waals surface area contributed by atoms with Crippen molar-refractivity contribution in [1.82, 2.24) is 4.98 Å². The number of rotatable bonds is 4. The van der Waals surface area contributed by atoms with Crippen LogP contribution in [0.1, 0.15) is 5.56 Å². The maximum absolute atomic E-state index is 11.9. The van der Waals surface area contributed by atoms with Crippen LogP contribution in [0, 0.1) is 0 Å². The predicted octanol–water partition coefficient (Wildman–Crippen LogP) is 2.47. The SMILES string of the molecule is COc1ccc(NC(=O)C=Cc2ccc3c(c2)OCO3)cn1. The van der Waals surface area contributed by atoms with Gasteiger partial charge < -0.3 is 19.5 Å². The first-order valence-corrected chi connectivity index (χ1v) is 6.63. The second-order valence-corrected chi connectivity index (χ2v) is 4.52. The molecule has 0 fully saturated rings. The van der Waals surface area contributed by atoms with Gasteiger partial charge in [-0.1, -0.05) is 6.07 Å². The van der Waals surface area contributed by atoms with Crippen molar-refractivity contribution in [2.45, 2.75) is 0 Å². The Kier molecular flexibility index (Phi) is 3.91. The lowest BCUT2D eigenvalue weighted by atomic mass is 10.2. The number of nitrogens with zero attached hydrogens (tertiary/aromatic N) is 1. The number of benzene rings is 1. The molecule has 0 radical (unpaired) electrons. The molecule has 112 valence electrons. The number of carbonyl (C=O) groups is 1. The molecule has 0 aliphatic carbocycles. The van der Waals surface area contributed by atoms with Crippen LogP contribution in [0.3, 0.4) is 0 Å². The molecule has 1 amide bonds. The topological polar surface area (TPSA) is 69.7 Å². The smallest absolute Gasteiger partial charge is 0.248 e. The minimum atomic E-state index is -0.246. The van der Waals surface area contributed by atoms with Gasteiger partial charge in [0.15, 0.2) is 11.5 Å². The summed E-state index contributed by atoms with van der Waals surface area (Å²) in [6.45, 7) is 0.230. The third kappa shape index (κ3) is 3.17. The Morgan fingerprint density at radius 3 is 2.91 bits per heavy atom. The minimum Gasteiger partial charge on any atom is -0.481 e. The van der Waals surface area contributed by atoms with Crippen LogP contribution in [0.15, 0.2) is 42.6 Å². The van der Waals surface area contributed by atoms with E-state index in [1.54, 1.807) is 18.2 Å². The van der Waals surface area contributed by atoms with Gasteiger partial charge in [0.25, 0.3) is 0 Å². The van der Waals surface area contributed by atoms with E-state index in [1.807, 2.05) is 18.2 Å². The number of carbonyl (C=O) groups excluding carboxylic acids is 1. The zero-order valence-electron chi connectivity index (χ0n) is 11.9. The monoisotopic (exact) mass is 298 g/mol. The molecule has 6 nitrogen and oxygen atoms in total. The first-order chi connectivity index (χ1) is 10.7. The van der Waals surface area contributed by atoms with E-state index in [-0.39, 0.29) is 12.7 Å². The van der Waals surface area contributed by atoms with Crippen LogP contribution in [0.25, 0.3) is 6.08 Å². The van der Waals surface area contributed by atoms with E-state index >= 15 is 0 Å². The number of anilines is 1. The summed E-state index contributed by atoms with van der Waals surface area (Å²) in [7, 11) is 1.54. The highest BCUT2D eigenvalue weighted by atomic mass is 16.7. The van der Waals surface area contributed by atoms with E-state index < -0.39 is 0 Å². The van der Waals surface area contributed by atoms with Gasteiger partial charge in [-0.15, -0.1) is 0 Å². The van der Waals surface area contributed by atoms with Crippen molar-refractivity contribution >= 4 is 17.7 Å². The van der Waals surface area contributed by atoms with E-state index in [1.165, 1.54) is 19.4 Å². The summed E-state index contributed by atoms with van der Waals surface area (Å²) in [6, 6.07) is 8.88. The Labute approximate surface area is 127 Å². The molecule has 1 N–H and O–H groups in total. The lowest BCUT2D eigenvalue weighted by Crippen LogP contribution is -2.07. The van der Waals surface area contributed by atoms with Crippen LogP contribution < -0.4 is 19.5 Å². The van der Waals surface area contributed by atoms with Crippen molar-refractivity contribution in [3.63, 3.8) is 0 Å². The van der Waals surface area contributed by atoms with E-state index in [9.17, 15) is 4.79 Å². The molecule has 1 aromatic heterocycles. The molecular weight excluding hydrogens is 284 g/mol. The van der Waals surface area contributed by atoms with E-state index in [4.69, 9.17) is 14.2 Å². The summed E-state index contributed by atoms with van der Waals surface area (Å²) in [4.78, 5) is 15.9. The fraction of sp³-hybridized carbons (Fsp3) is 0.125. The molecule has 22 heavy (non-hydrogen) atoms. The third-order valence-electron chi connectivity index (χ3n) is 3.04. The molecule has 0 unspecified atom stereocenters. The first-order valence-electron chi connectivity index (χ1n) is 6.63. The predicted molar refractivity (Wildman–Crippen MR) is 81.0 cm³/mol. The van der Waals surface area contributed by atoms with Gasteiger partial charge in [0.05, 0.1) is 19.0 Å². The molecule has 1 aliphatic heterocycles. The van der Waals surface area contributed by atoms with E-state index in [2.05, 4.69) is 10.3 Å². The molecule has 0 saturated carbocycles. The highest BCUT2D eigenvalue weighted by molar-refractivity contribution is 6.01. The third-order valence-corrected chi connectivity index (χ3v) is 3.04. The summed E-state index contributed by atoms with van der Waals surface area (Å²) in [6.07, 6.45) is 4.68. The zero-order chi connectivity index (χ0) is 15.4. The second kappa shape index (κ2) is 6.17. The van der Waals surface area contributed by atoms with Crippen molar-refractivity contribution in [2.24, 2.45) is 0 Å². The summed E-state index contributed by atoms with van der Waals surface area (Å²) in [5.41, 5.74) is 1.45. The van der Waals surface area contributed by atoms with Crippen molar-refractivity contribution in [1.29, 1.82) is 0 Å². The van der Waals surface area contributed by atoms with Gasteiger partial charge in [-0.05, 0) is 29.8 Å². The van der Waals surface area contributed by atoms with Crippen molar-refractivity contribution in [2.75, 3.05) is 19.2 Å². The van der Waals surface area contributed by atoms with E-state index in [0.29, 0.717) is 23.1 Å². The number of fused-ring (bicyclic) bond motifs is 1. The molecule has 1 aliphatic rings. The highest BCUT2D eigenvalue weighted by Gasteiger charge is 2.12. The number of pyridine rings is 1. The Morgan fingerprint density at radius 1 is 1.27 bits per heavy atom. The Hall–Kier alpha value is -3.02. The van der Waals surface area contributed by atoms with Gasteiger partial charge in [-0.25, -0.2) is 4.98 Å². The average molecular weight is 298 g/mol. The standard InChI is InChI=1S/C16H14N2O4/c1-20-16-7-4-12(9-17-16)18-15(19)6-3-11-2-5-13-14(8-11)22-10-21-13/h2-9H,10H2,1H3,(H,18,19). The molecule has 0 saturated heterocycles. The number of aromatic nitrogens is 1. The van der Waals surface area contributed by atoms with Crippen LogP contribution in [0.4, 0.5) is 5.69 Å². The minimum absolute atomic E-state index is 0.230. The van der Waals surface area contributed by atoms with Crippen molar-refractivity contribution in [3.8, 4) is 17.4 Å². The summed E-state index contributed by atoms with van der Waals surface area (Å²) >= 11 is 0. The van der Waals surface area contributed by atoms with Gasteiger partial charge in [0.2, 0.25) is 18.6 Å². The highest BCUT2D eigenvalue weighted by Crippen LogP contribution is 2.32. The zero-order valence-corrected chi connectivity index (χ0v) is 11.9. The number of methoxy groups -OCH3 is 1. The Balaban J connectivity index is 1.63. The molecule has 1 aromatic carbocycles. The fourth-order valence-corrected chi connectivity index (χ4v) is 1.95. The maximum atomic E-state index is 11.9. The number of amides is 1. The van der Waals surface area contributed by atoms with E-state index in [0.717, 1.165) is 5.56 Å². The van der Waals surface area contributed by atoms with Gasteiger partial charge in [0, 0.05) is 12.1 Å². The quantitative estimate of drug-likeness (QED) is 0.878. The first kappa shape index (κ1) is 13.9. The number of hydrogen-bond donors (Lipinski definition) is 1. The van der Waals surface area contributed by atoms with Crippen LogP contribution >= 0.6 is 0 Å². The summed E-state index contributed by atoms with van der Waals surface area (Å²) < 4.78 is 15.5. The van der Waals surface area contributed by atoms with Crippen LogP contribution in [-0.2, 0) is 4.79 Å². The lowest BCUT2D eigenvalue weighted by molar-refractivity contribution is -0.111. The Bertz CT molecular complexity index is 711. The average Bonchev–Trinajstić information content (AvgIpc) is 3.01. The molecule has 2 aromatic rings. The molecule has 0 atom stereocenters. The van der Waals surface area contributed by atoms with Crippen molar-refractivity contribution in [3.05, 3.63) is 48.2 Å². The summed E-state index contributed by atoms with van der Waals surface area (Å²) in [5, 5.41) is 2.72. The molecular formula is C16H14N2O4. The molecule has 3 rings (SSSR count). The molecule has 6 heteroatoms. The number of ether oxygens (including phenoxy) is 3. The van der Waals surface area contributed by atoms with Gasteiger partial charge in [-0.3, -0.25) is 4.79 Å².